The number of alkyl halides is 2. The maximum Gasteiger partial charge on any atom is 0.315 e. The minimum atomic E-state index is -1.12. The van der Waals surface area contributed by atoms with E-state index < -0.39 is 28.2 Å². The molecule has 0 aliphatic heterocycles. The summed E-state index contributed by atoms with van der Waals surface area (Å²) >= 11 is 17.5. The predicted octanol–water partition coefficient (Wildman–Crippen LogP) is 2.80. The molecule has 1 fully saturated rings. The minimum absolute atomic E-state index is 0.155. The van der Waals surface area contributed by atoms with E-state index in [0.717, 1.165) is 0 Å². The van der Waals surface area contributed by atoms with Crippen molar-refractivity contribution in [2.24, 2.45) is 5.41 Å². The van der Waals surface area contributed by atoms with E-state index in [-0.39, 0.29) is 5.15 Å². The van der Waals surface area contributed by atoms with Gasteiger partial charge in [0.05, 0.1) is 5.69 Å². The molecule has 2 rings (SSSR count). The zero-order valence-corrected chi connectivity index (χ0v) is 12.7. The van der Waals surface area contributed by atoms with Crippen molar-refractivity contribution in [1.29, 1.82) is 0 Å². The second kappa shape index (κ2) is 5.39. The molecule has 1 N–H and O–H groups in total. The first kappa shape index (κ1) is 15.4. The normalized spacial score (nSPS) is 23.0. The lowest BCUT2D eigenvalue weighted by Gasteiger charge is -2.12. The molecule has 1 heterocycles. The molecule has 1 saturated carbocycles. The van der Waals surface area contributed by atoms with Gasteiger partial charge in [-0.25, -0.2) is 4.98 Å². The average molecular weight is 338 g/mol. The second-order valence-electron chi connectivity index (χ2n) is 4.68. The fourth-order valence-electron chi connectivity index (χ4n) is 1.58. The molecule has 1 aliphatic carbocycles. The van der Waals surface area contributed by atoms with Crippen molar-refractivity contribution in [3.8, 4) is 0 Å². The summed E-state index contributed by atoms with van der Waals surface area (Å²) in [6.07, 6.45) is 1.80. The van der Waals surface area contributed by atoms with Gasteiger partial charge in [-0.2, -0.15) is 0 Å². The third-order valence-electron chi connectivity index (χ3n) is 3.08. The van der Waals surface area contributed by atoms with E-state index in [4.69, 9.17) is 39.5 Å². The summed E-state index contributed by atoms with van der Waals surface area (Å²) in [7, 11) is 0. The number of anilines is 1. The van der Waals surface area contributed by atoms with Crippen molar-refractivity contribution < 1.29 is 14.3 Å². The molecule has 1 aromatic heterocycles. The Labute approximate surface area is 130 Å². The van der Waals surface area contributed by atoms with Crippen LogP contribution in [-0.4, -0.2) is 27.8 Å². The monoisotopic (exact) mass is 336 g/mol. The Bertz CT molecular complexity index is 565. The number of nitrogens with one attached hydrogen (secondary N) is 1. The van der Waals surface area contributed by atoms with Gasteiger partial charge in [0.2, 0.25) is 0 Å². The van der Waals surface area contributed by atoms with Gasteiger partial charge in [0.25, 0.3) is 5.91 Å². The molecule has 0 aromatic carbocycles. The van der Waals surface area contributed by atoms with Gasteiger partial charge in [-0.15, -0.1) is 23.2 Å². The summed E-state index contributed by atoms with van der Waals surface area (Å²) < 4.78 is 3.78. The van der Waals surface area contributed by atoms with Crippen LogP contribution in [-0.2, 0) is 14.3 Å². The van der Waals surface area contributed by atoms with Crippen molar-refractivity contribution in [3.05, 3.63) is 23.5 Å². The fourth-order valence-corrected chi connectivity index (χ4v) is 2.43. The quantitative estimate of drug-likeness (QED) is 0.521. The first-order valence-corrected chi connectivity index (χ1v) is 6.85. The zero-order valence-electron chi connectivity index (χ0n) is 10.5. The number of halogens is 3. The maximum atomic E-state index is 11.8. The summed E-state index contributed by atoms with van der Waals surface area (Å²) in [6.45, 7) is 1.15. The van der Waals surface area contributed by atoms with Crippen LogP contribution in [0, 0.1) is 5.41 Å². The Hall–Kier alpha value is -1.04. The van der Waals surface area contributed by atoms with E-state index in [1.807, 2.05) is 0 Å². The molecule has 0 saturated heterocycles. The molecule has 0 unspecified atom stereocenters. The molecule has 0 spiro atoms. The Morgan fingerprint density at radius 3 is 2.70 bits per heavy atom. The van der Waals surface area contributed by atoms with Crippen LogP contribution in [0.25, 0.3) is 0 Å². The highest BCUT2D eigenvalue weighted by Gasteiger charge is 2.69. The molecule has 0 radical (unpaired) electrons. The molecule has 1 aromatic rings. The molecule has 20 heavy (non-hydrogen) atoms. The number of pyridine rings is 1. The number of hydrogen-bond donors (Lipinski definition) is 1. The molecular weight excluding hydrogens is 327 g/mol. The number of aromatic nitrogens is 1. The summed E-state index contributed by atoms with van der Waals surface area (Å²) in [5, 5.41) is 2.64. The number of carbonyl (C=O) groups excluding carboxylic acids is 2. The SMILES string of the molecule is C[C@@]1(C(=O)OCC(=O)Nc2cccnc2Cl)CC1(Cl)Cl. The number of ether oxygens (including phenoxy) is 1. The van der Waals surface area contributed by atoms with Gasteiger partial charge < -0.3 is 10.1 Å². The van der Waals surface area contributed by atoms with Gasteiger partial charge in [0.15, 0.2) is 11.8 Å². The maximum absolute atomic E-state index is 11.8. The number of nitrogens with zero attached hydrogens (tertiary/aromatic N) is 1. The van der Waals surface area contributed by atoms with Gasteiger partial charge in [-0.3, -0.25) is 9.59 Å². The number of amides is 1. The molecule has 5 nitrogen and oxygen atoms in total. The molecule has 1 aliphatic rings. The molecule has 108 valence electrons. The zero-order chi connectivity index (χ0) is 15.0. The fraction of sp³-hybridized carbons (Fsp3) is 0.417. The summed E-state index contributed by atoms with van der Waals surface area (Å²) in [6, 6.07) is 3.20. The van der Waals surface area contributed by atoms with E-state index in [1.54, 1.807) is 19.1 Å². The molecule has 1 atom stereocenters. The highest BCUT2D eigenvalue weighted by atomic mass is 35.5. The number of carbonyl (C=O) groups is 2. The van der Waals surface area contributed by atoms with Crippen LogP contribution < -0.4 is 5.32 Å². The summed E-state index contributed by atoms with van der Waals surface area (Å²) in [5.74, 6) is -1.12. The molecule has 1 amide bonds. The standard InChI is InChI=1S/C12H11Cl3N2O3/c1-11(6-12(11,14)15)10(19)20-5-8(18)17-7-3-2-4-16-9(7)13/h2-4H,5-6H2,1H3,(H,17,18)/t11-/m0/s1. The first-order chi connectivity index (χ1) is 9.26. The molecule has 8 heteroatoms. The Kier molecular flexibility index (Phi) is 4.14. The third kappa shape index (κ3) is 3.00. The minimum Gasteiger partial charge on any atom is -0.455 e. The third-order valence-corrected chi connectivity index (χ3v) is 4.48. The largest absolute Gasteiger partial charge is 0.455 e. The lowest BCUT2D eigenvalue weighted by Crippen LogP contribution is -2.26. The highest BCUT2D eigenvalue weighted by molar-refractivity contribution is 6.53. The second-order valence-corrected chi connectivity index (χ2v) is 6.52. The average Bonchev–Trinajstić information content (AvgIpc) is 2.90. The van der Waals surface area contributed by atoms with Crippen molar-refractivity contribution in [2.75, 3.05) is 11.9 Å². The van der Waals surface area contributed by atoms with Gasteiger partial charge >= 0.3 is 5.97 Å². The summed E-state index contributed by atoms with van der Waals surface area (Å²) in [5.41, 5.74) is -0.612. The smallest absolute Gasteiger partial charge is 0.315 e. The number of hydrogen-bond acceptors (Lipinski definition) is 4. The summed E-state index contributed by atoms with van der Waals surface area (Å²) in [4.78, 5) is 27.2. The van der Waals surface area contributed by atoms with Gasteiger partial charge in [0, 0.05) is 12.6 Å². The van der Waals surface area contributed by atoms with Crippen LogP contribution in [0.3, 0.4) is 0 Å². The van der Waals surface area contributed by atoms with Crippen molar-refractivity contribution in [2.45, 2.75) is 17.7 Å². The van der Waals surface area contributed by atoms with Crippen molar-refractivity contribution >= 4 is 52.4 Å². The van der Waals surface area contributed by atoms with Crippen LogP contribution >= 0.6 is 34.8 Å². The lowest BCUT2D eigenvalue weighted by atomic mass is 10.1. The number of rotatable bonds is 4. The van der Waals surface area contributed by atoms with Crippen LogP contribution in [0.4, 0.5) is 5.69 Å². The topological polar surface area (TPSA) is 68.3 Å². The number of esters is 1. The lowest BCUT2D eigenvalue weighted by molar-refractivity contribution is -0.152. The molecular formula is C12H11Cl3N2O3. The van der Waals surface area contributed by atoms with Crippen molar-refractivity contribution in [1.82, 2.24) is 4.98 Å². The van der Waals surface area contributed by atoms with E-state index >= 15 is 0 Å². The molecule has 0 bridgehead atoms. The van der Waals surface area contributed by atoms with Gasteiger partial charge in [-0.05, 0) is 19.1 Å². The Morgan fingerprint density at radius 1 is 1.50 bits per heavy atom. The Morgan fingerprint density at radius 2 is 2.15 bits per heavy atom. The first-order valence-electron chi connectivity index (χ1n) is 5.72. The van der Waals surface area contributed by atoms with E-state index in [1.165, 1.54) is 6.20 Å². The van der Waals surface area contributed by atoms with E-state index in [0.29, 0.717) is 12.1 Å². The van der Waals surface area contributed by atoms with Crippen LogP contribution in [0.2, 0.25) is 5.15 Å². The van der Waals surface area contributed by atoms with Crippen LogP contribution in [0.1, 0.15) is 13.3 Å². The van der Waals surface area contributed by atoms with Gasteiger partial charge in [0.1, 0.15) is 9.75 Å². The predicted molar refractivity (Wildman–Crippen MR) is 76.0 cm³/mol. The van der Waals surface area contributed by atoms with E-state index in [9.17, 15) is 9.59 Å². The van der Waals surface area contributed by atoms with E-state index in [2.05, 4.69) is 10.3 Å². The van der Waals surface area contributed by atoms with Crippen LogP contribution in [0.15, 0.2) is 18.3 Å². The Balaban J connectivity index is 1.85. The van der Waals surface area contributed by atoms with Gasteiger partial charge in [-0.1, -0.05) is 11.6 Å². The van der Waals surface area contributed by atoms with Crippen LogP contribution in [0.5, 0.6) is 0 Å². The highest BCUT2D eigenvalue weighted by Crippen LogP contribution is 2.64. The van der Waals surface area contributed by atoms with Crippen molar-refractivity contribution in [3.63, 3.8) is 0 Å².